The molecule has 7 heteroatoms. The molecule has 1 aromatic rings. The second-order valence-electron chi connectivity index (χ2n) is 7.03. The maximum absolute atomic E-state index is 12.6. The van der Waals surface area contributed by atoms with Crippen LogP contribution in [0.3, 0.4) is 0 Å². The number of aryl methyl sites for hydroxylation is 1. The van der Waals surface area contributed by atoms with Gasteiger partial charge in [-0.1, -0.05) is 11.6 Å². The third kappa shape index (κ3) is 2.23. The van der Waals surface area contributed by atoms with Crippen molar-refractivity contribution in [3.05, 3.63) is 11.5 Å². The predicted octanol–water partition coefficient (Wildman–Crippen LogP) is 2.18. The molecule has 1 aromatic heterocycles. The summed E-state index contributed by atoms with van der Waals surface area (Å²) in [7, 11) is -1.94. The lowest BCUT2D eigenvalue weighted by atomic mass is 9.54. The highest BCUT2D eigenvalue weighted by Gasteiger charge is 2.49. The second-order valence-corrected chi connectivity index (χ2v) is 9.02. The van der Waals surface area contributed by atoms with E-state index in [0.717, 1.165) is 11.8 Å². The minimum absolute atomic E-state index is 0.0412. The topological polar surface area (TPSA) is 64.0 Å². The molecule has 0 atom stereocenters. The molecule has 116 valence electrons. The van der Waals surface area contributed by atoms with Crippen molar-refractivity contribution in [1.82, 2.24) is 14.3 Å². The van der Waals surface area contributed by atoms with Crippen molar-refractivity contribution in [1.29, 1.82) is 0 Å². The maximum atomic E-state index is 12.6. The molecule has 0 saturated heterocycles. The van der Waals surface area contributed by atoms with E-state index in [0.29, 0.717) is 11.8 Å². The smallest absolute Gasteiger partial charge is 0.261 e. The zero-order chi connectivity index (χ0) is 14.8. The molecule has 0 spiro atoms. The summed E-state index contributed by atoms with van der Waals surface area (Å²) in [5.74, 6) is 2.65. The Morgan fingerprint density at radius 1 is 1.19 bits per heavy atom. The zero-order valence-electron chi connectivity index (χ0n) is 12.0. The summed E-state index contributed by atoms with van der Waals surface area (Å²) in [6.07, 6.45) is 7.50. The molecule has 0 aromatic carbocycles. The number of halogens is 1. The van der Waals surface area contributed by atoms with E-state index in [1.165, 1.54) is 43.0 Å². The minimum Gasteiger partial charge on any atom is -0.324 e. The molecule has 4 saturated carbocycles. The van der Waals surface area contributed by atoms with E-state index in [-0.39, 0.29) is 16.2 Å². The van der Waals surface area contributed by atoms with Crippen LogP contribution in [0.4, 0.5) is 0 Å². The fraction of sp³-hybridized carbons (Fsp3) is 0.786. The summed E-state index contributed by atoms with van der Waals surface area (Å²) in [5.41, 5.74) is 0. The third-order valence-electron chi connectivity index (χ3n) is 5.61. The number of imidazole rings is 1. The van der Waals surface area contributed by atoms with Gasteiger partial charge in [-0.25, -0.2) is 18.1 Å². The molecule has 0 amide bonds. The van der Waals surface area contributed by atoms with Crippen LogP contribution in [0, 0.1) is 23.7 Å². The molecule has 0 radical (unpaired) electrons. The van der Waals surface area contributed by atoms with Crippen LogP contribution in [0.5, 0.6) is 0 Å². The van der Waals surface area contributed by atoms with Crippen LogP contribution in [0.15, 0.2) is 11.4 Å². The van der Waals surface area contributed by atoms with Crippen molar-refractivity contribution in [2.24, 2.45) is 30.7 Å². The van der Waals surface area contributed by atoms with Gasteiger partial charge in [0, 0.05) is 13.1 Å². The summed E-state index contributed by atoms with van der Waals surface area (Å²) in [6.45, 7) is 0. The molecule has 4 bridgehead atoms. The summed E-state index contributed by atoms with van der Waals surface area (Å²) >= 11 is 6.04. The van der Waals surface area contributed by atoms with E-state index in [9.17, 15) is 8.42 Å². The average molecular weight is 330 g/mol. The normalized spacial score (nSPS) is 38.1. The van der Waals surface area contributed by atoms with Crippen molar-refractivity contribution in [2.75, 3.05) is 0 Å². The first-order valence-corrected chi connectivity index (χ1v) is 9.49. The molecule has 5 nitrogen and oxygen atoms in total. The van der Waals surface area contributed by atoms with E-state index in [1.54, 1.807) is 7.05 Å². The van der Waals surface area contributed by atoms with Gasteiger partial charge < -0.3 is 4.57 Å². The highest BCUT2D eigenvalue weighted by Crippen LogP contribution is 2.53. The molecular weight excluding hydrogens is 310 g/mol. The number of hydrogen-bond donors (Lipinski definition) is 1. The summed E-state index contributed by atoms with van der Waals surface area (Å²) in [4.78, 5) is 3.95. The Labute approximate surface area is 130 Å². The molecule has 1 heterocycles. The average Bonchev–Trinajstić information content (AvgIpc) is 2.74. The van der Waals surface area contributed by atoms with Gasteiger partial charge in [0.05, 0.1) is 6.33 Å². The number of hydrogen-bond acceptors (Lipinski definition) is 3. The van der Waals surface area contributed by atoms with E-state index >= 15 is 0 Å². The molecular formula is C14H20ClN3O2S. The van der Waals surface area contributed by atoms with Crippen LogP contribution in [-0.2, 0) is 17.1 Å². The predicted molar refractivity (Wildman–Crippen MR) is 79.4 cm³/mol. The Morgan fingerprint density at radius 3 is 2.24 bits per heavy atom. The molecule has 21 heavy (non-hydrogen) atoms. The van der Waals surface area contributed by atoms with Gasteiger partial charge in [-0.05, 0) is 55.8 Å². The number of aromatic nitrogens is 2. The van der Waals surface area contributed by atoms with Gasteiger partial charge in [0.1, 0.15) is 5.15 Å². The lowest BCUT2D eigenvalue weighted by Gasteiger charge is -2.54. The Morgan fingerprint density at radius 2 is 1.76 bits per heavy atom. The fourth-order valence-electron chi connectivity index (χ4n) is 4.93. The van der Waals surface area contributed by atoms with Gasteiger partial charge in [0.25, 0.3) is 10.0 Å². The van der Waals surface area contributed by atoms with Gasteiger partial charge in [0.15, 0.2) is 0 Å². The lowest BCUT2D eigenvalue weighted by molar-refractivity contribution is -0.00559. The van der Waals surface area contributed by atoms with Crippen LogP contribution >= 0.6 is 11.6 Å². The lowest BCUT2D eigenvalue weighted by Crippen LogP contribution is -2.55. The highest BCUT2D eigenvalue weighted by molar-refractivity contribution is 7.89. The molecule has 4 aliphatic carbocycles. The Hall–Kier alpha value is -0.590. The first-order chi connectivity index (χ1) is 9.94. The van der Waals surface area contributed by atoms with Crippen molar-refractivity contribution in [2.45, 2.75) is 43.2 Å². The van der Waals surface area contributed by atoms with Gasteiger partial charge in [-0.2, -0.15) is 0 Å². The second kappa shape index (κ2) is 4.70. The number of rotatable bonds is 3. The Kier molecular flexibility index (Phi) is 3.14. The summed E-state index contributed by atoms with van der Waals surface area (Å²) in [5, 5.41) is 0.131. The maximum Gasteiger partial charge on any atom is 0.261 e. The van der Waals surface area contributed by atoms with E-state index in [2.05, 4.69) is 9.71 Å². The van der Waals surface area contributed by atoms with Gasteiger partial charge in [-0.15, -0.1) is 0 Å². The number of nitrogens with one attached hydrogen (secondary N) is 1. The molecule has 4 aliphatic rings. The molecule has 5 rings (SSSR count). The van der Waals surface area contributed by atoms with E-state index < -0.39 is 10.0 Å². The Bertz CT molecular complexity index is 642. The van der Waals surface area contributed by atoms with Crippen LogP contribution in [0.1, 0.15) is 32.1 Å². The molecule has 0 aliphatic heterocycles. The Balaban J connectivity index is 1.60. The van der Waals surface area contributed by atoms with Crippen molar-refractivity contribution >= 4 is 21.6 Å². The summed E-state index contributed by atoms with van der Waals surface area (Å²) < 4.78 is 29.6. The fourth-order valence-corrected chi connectivity index (χ4v) is 6.73. The monoisotopic (exact) mass is 329 g/mol. The van der Waals surface area contributed by atoms with Crippen molar-refractivity contribution in [3.63, 3.8) is 0 Å². The van der Waals surface area contributed by atoms with E-state index in [1.807, 2.05) is 0 Å². The molecule has 4 fully saturated rings. The van der Waals surface area contributed by atoms with Crippen LogP contribution in [-0.4, -0.2) is 24.0 Å². The quantitative estimate of drug-likeness (QED) is 0.924. The van der Waals surface area contributed by atoms with Crippen LogP contribution in [0.25, 0.3) is 0 Å². The highest BCUT2D eigenvalue weighted by atomic mass is 35.5. The van der Waals surface area contributed by atoms with Gasteiger partial charge >= 0.3 is 0 Å². The SMILES string of the molecule is Cn1cnc(S(=O)(=O)NC2C3CC4CC(C3)CC2C4)c1Cl. The van der Waals surface area contributed by atoms with Crippen molar-refractivity contribution in [3.8, 4) is 0 Å². The standard InChI is InChI=1S/C14H20ClN3O2S/c1-18-7-16-14(13(18)15)21(19,20)17-12-10-3-8-2-9(5-10)6-11(12)4-8/h7-12,17H,2-6H2,1H3. The zero-order valence-corrected chi connectivity index (χ0v) is 13.6. The third-order valence-corrected chi connectivity index (χ3v) is 7.55. The van der Waals surface area contributed by atoms with Crippen LogP contribution < -0.4 is 4.72 Å². The number of sulfonamides is 1. The van der Waals surface area contributed by atoms with Gasteiger partial charge in [-0.3, -0.25) is 0 Å². The summed E-state index contributed by atoms with van der Waals surface area (Å²) in [6, 6.07) is 0.0703. The largest absolute Gasteiger partial charge is 0.324 e. The van der Waals surface area contributed by atoms with E-state index in [4.69, 9.17) is 11.6 Å². The van der Waals surface area contributed by atoms with Crippen molar-refractivity contribution < 1.29 is 8.42 Å². The van der Waals surface area contributed by atoms with Gasteiger partial charge in [0.2, 0.25) is 5.03 Å². The first-order valence-electron chi connectivity index (χ1n) is 7.63. The minimum atomic E-state index is -3.63. The molecule has 0 unspecified atom stereocenters. The van der Waals surface area contributed by atoms with Crippen LogP contribution in [0.2, 0.25) is 5.15 Å². The number of nitrogens with zero attached hydrogens (tertiary/aromatic N) is 2. The first kappa shape index (κ1) is 14.0. The molecule has 1 N–H and O–H groups in total.